The van der Waals surface area contributed by atoms with Gasteiger partial charge in [-0.1, -0.05) is 24.3 Å². The number of aliphatic carboxylic acids is 1. The number of nitrogens with zero attached hydrogens (tertiary/aromatic N) is 2. The number of hydrogen-bond acceptors (Lipinski definition) is 3. The summed E-state index contributed by atoms with van der Waals surface area (Å²) in [7, 11) is 1.78. The fraction of sp³-hybridized carbons (Fsp3) is 0.467. The van der Waals surface area contributed by atoms with Gasteiger partial charge in [0, 0.05) is 26.7 Å². The molecular formula is C15H20N2O3. The van der Waals surface area contributed by atoms with Crippen molar-refractivity contribution >= 4 is 11.9 Å². The van der Waals surface area contributed by atoms with Gasteiger partial charge in [0.2, 0.25) is 5.91 Å². The molecule has 1 N–H and O–H groups in total. The lowest BCUT2D eigenvalue weighted by atomic mass is 10.0. The molecule has 0 radical (unpaired) electrons. The number of carbonyl (C=O) groups excluding carboxylic acids is 1. The molecule has 1 aliphatic rings. The highest BCUT2D eigenvalue weighted by atomic mass is 16.4. The Bertz CT molecular complexity index is 510. The van der Waals surface area contributed by atoms with Crippen LogP contribution in [0.4, 0.5) is 0 Å². The van der Waals surface area contributed by atoms with E-state index in [1.807, 2.05) is 36.1 Å². The molecule has 0 spiro atoms. The monoisotopic (exact) mass is 276 g/mol. The molecule has 0 aromatic heterocycles. The number of aryl methyl sites for hydroxylation is 1. The largest absolute Gasteiger partial charge is 0.481 e. The third-order valence-electron chi connectivity index (χ3n) is 3.76. The first-order chi connectivity index (χ1) is 9.47. The zero-order valence-corrected chi connectivity index (χ0v) is 11.9. The number of carbonyl (C=O) groups is 2. The van der Waals surface area contributed by atoms with Gasteiger partial charge in [0.05, 0.1) is 12.5 Å². The topological polar surface area (TPSA) is 60.9 Å². The fourth-order valence-electron chi connectivity index (χ4n) is 2.30. The molecule has 5 nitrogen and oxygen atoms in total. The van der Waals surface area contributed by atoms with E-state index in [0.717, 1.165) is 5.56 Å². The average Bonchev–Trinajstić information content (AvgIpc) is 2.35. The molecule has 108 valence electrons. The van der Waals surface area contributed by atoms with Crippen LogP contribution in [0.3, 0.4) is 0 Å². The Morgan fingerprint density at radius 1 is 1.35 bits per heavy atom. The average molecular weight is 276 g/mol. The van der Waals surface area contributed by atoms with E-state index < -0.39 is 5.97 Å². The maximum absolute atomic E-state index is 12.1. The van der Waals surface area contributed by atoms with Gasteiger partial charge < -0.3 is 10.0 Å². The Kier molecular flexibility index (Phi) is 4.39. The molecule has 5 heteroatoms. The molecule has 1 aromatic rings. The molecule has 1 aromatic carbocycles. The van der Waals surface area contributed by atoms with Crippen LogP contribution in [0.25, 0.3) is 0 Å². The van der Waals surface area contributed by atoms with E-state index in [1.54, 1.807) is 11.9 Å². The molecule has 1 aliphatic heterocycles. The van der Waals surface area contributed by atoms with Crippen LogP contribution in [0.2, 0.25) is 0 Å². The van der Waals surface area contributed by atoms with Gasteiger partial charge >= 0.3 is 5.97 Å². The zero-order valence-electron chi connectivity index (χ0n) is 11.9. The number of amides is 1. The van der Waals surface area contributed by atoms with Gasteiger partial charge in [-0.25, -0.2) is 0 Å². The predicted octanol–water partition coefficient (Wildman–Crippen LogP) is 0.970. The van der Waals surface area contributed by atoms with Gasteiger partial charge in [-0.3, -0.25) is 14.5 Å². The van der Waals surface area contributed by atoms with Crippen LogP contribution in [0.15, 0.2) is 24.3 Å². The van der Waals surface area contributed by atoms with Gasteiger partial charge in [-0.15, -0.1) is 0 Å². The standard InChI is InChI=1S/C15H20N2O3/c1-11-5-3-4-6-12(11)7-16(2)14(18)10-17-8-13(9-17)15(19)20/h3-6,13H,7-10H2,1-2H3,(H,19,20). The second kappa shape index (κ2) is 6.05. The van der Waals surface area contributed by atoms with Gasteiger partial charge in [0.1, 0.15) is 0 Å². The summed E-state index contributed by atoms with van der Waals surface area (Å²) in [5, 5.41) is 8.80. The Labute approximate surface area is 118 Å². The number of likely N-dealkylation sites (N-methyl/N-ethyl adjacent to an activating group) is 1. The molecule has 0 aliphatic carbocycles. The lowest BCUT2D eigenvalue weighted by Gasteiger charge is -2.36. The Morgan fingerprint density at radius 3 is 2.60 bits per heavy atom. The normalized spacial score (nSPS) is 15.7. The molecule has 0 atom stereocenters. The van der Waals surface area contributed by atoms with Crippen LogP contribution < -0.4 is 0 Å². The van der Waals surface area contributed by atoms with Crippen molar-refractivity contribution in [3.63, 3.8) is 0 Å². The highest BCUT2D eigenvalue weighted by molar-refractivity contribution is 5.79. The van der Waals surface area contributed by atoms with E-state index in [9.17, 15) is 9.59 Å². The van der Waals surface area contributed by atoms with Crippen LogP contribution in [-0.2, 0) is 16.1 Å². The van der Waals surface area contributed by atoms with E-state index in [0.29, 0.717) is 26.2 Å². The van der Waals surface area contributed by atoms with Crippen molar-refractivity contribution in [1.29, 1.82) is 0 Å². The molecule has 0 saturated carbocycles. The first-order valence-electron chi connectivity index (χ1n) is 6.71. The van der Waals surface area contributed by atoms with Crippen molar-refractivity contribution in [3.8, 4) is 0 Å². The summed E-state index contributed by atoms with van der Waals surface area (Å²) >= 11 is 0. The van der Waals surface area contributed by atoms with Gasteiger partial charge in [-0.2, -0.15) is 0 Å². The predicted molar refractivity (Wildman–Crippen MR) is 75.2 cm³/mol. The second-order valence-corrected chi connectivity index (χ2v) is 5.41. The number of rotatable bonds is 5. The second-order valence-electron chi connectivity index (χ2n) is 5.41. The minimum absolute atomic E-state index is 0.0251. The minimum atomic E-state index is -0.776. The third kappa shape index (κ3) is 3.36. The van der Waals surface area contributed by atoms with Crippen molar-refractivity contribution in [2.75, 3.05) is 26.7 Å². The van der Waals surface area contributed by atoms with Crippen LogP contribution >= 0.6 is 0 Å². The molecule has 0 bridgehead atoms. The highest BCUT2D eigenvalue weighted by Gasteiger charge is 2.33. The van der Waals surface area contributed by atoms with Crippen molar-refractivity contribution in [3.05, 3.63) is 35.4 Å². The maximum Gasteiger partial charge on any atom is 0.309 e. The van der Waals surface area contributed by atoms with E-state index in [-0.39, 0.29) is 11.8 Å². The summed E-state index contributed by atoms with van der Waals surface area (Å²) in [4.78, 5) is 26.3. The van der Waals surface area contributed by atoms with E-state index >= 15 is 0 Å². The summed E-state index contributed by atoms with van der Waals surface area (Å²) in [6, 6.07) is 7.99. The van der Waals surface area contributed by atoms with E-state index in [1.165, 1.54) is 5.56 Å². The van der Waals surface area contributed by atoms with Gasteiger partial charge in [0.25, 0.3) is 0 Å². The van der Waals surface area contributed by atoms with Crippen molar-refractivity contribution < 1.29 is 14.7 Å². The summed E-state index contributed by atoms with van der Waals surface area (Å²) in [6.07, 6.45) is 0. The SMILES string of the molecule is Cc1ccccc1CN(C)C(=O)CN1CC(C(=O)O)C1. The molecule has 20 heavy (non-hydrogen) atoms. The lowest BCUT2D eigenvalue weighted by molar-refractivity contribution is -0.149. The first kappa shape index (κ1) is 14.5. The number of hydrogen-bond donors (Lipinski definition) is 1. The number of likely N-dealkylation sites (tertiary alicyclic amines) is 1. The summed E-state index contributed by atoms with van der Waals surface area (Å²) < 4.78 is 0. The van der Waals surface area contributed by atoms with Crippen LogP contribution in [-0.4, -0.2) is 53.5 Å². The van der Waals surface area contributed by atoms with Crippen molar-refractivity contribution in [2.24, 2.45) is 5.92 Å². The number of benzene rings is 1. The fourth-order valence-corrected chi connectivity index (χ4v) is 2.30. The molecule has 1 fully saturated rings. The summed E-state index contributed by atoms with van der Waals surface area (Å²) in [5.74, 6) is -1.07. The molecular weight excluding hydrogens is 256 g/mol. The molecule has 1 heterocycles. The molecule has 0 unspecified atom stereocenters. The smallest absolute Gasteiger partial charge is 0.309 e. The van der Waals surface area contributed by atoms with Crippen molar-refractivity contribution in [2.45, 2.75) is 13.5 Å². The minimum Gasteiger partial charge on any atom is -0.481 e. The summed E-state index contributed by atoms with van der Waals surface area (Å²) in [6.45, 7) is 3.85. The maximum atomic E-state index is 12.1. The van der Waals surface area contributed by atoms with Gasteiger partial charge in [-0.05, 0) is 18.1 Å². The Hall–Kier alpha value is -1.88. The van der Waals surface area contributed by atoms with Crippen LogP contribution in [0.1, 0.15) is 11.1 Å². The molecule has 1 amide bonds. The van der Waals surface area contributed by atoms with E-state index in [2.05, 4.69) is 0 Å². The Morgan fingerprint density at radius 2 is 2.00 bits per heavy atom. The Balaban J connectivity index is 1.81. The van der Waals surface area contributed by atoms with Crippen LogP contribution in [0.5, 0.6) is 0 Å². The summed E-state index contributed by atoms with van der Waals surface area (Å²) in [5.41, 5.74) is 2.30. The zero-order chi connectivity index (χ0) is 14.7. The quantitative estimate of drug-likeness (QED) is 0.870. The van der Waals surface area contributed by atoms with Gasteiger partial charge in [0.15, 0.2) is 0 Å². The lowest BCUT2D eigenvalue weighted by Crippen LogP contribution is -2.53. The number of carboxylic acid groups (broad SMARTS) is 1. The molecule has 1 saturated heterocycles. The first-order valence-corrected chi connectivity index (χ1v) is 6.71. The highest BCUT2D eigenvalue weighted by Crippen LogP contribution is 2.16. The van der Waals surface area contributed by atoms with Crippen LogP contribution in [0, 0.1) is 12.8 Å². The van der Waals surface area contributed by atoms with E-state index in [4.69, 9.17) is 5.11 Å². The number of carboxylic acids is 1. The molecule has 2 rings (SSSR count). The van der Waals surface area contributed by atoms with Crippen molar-refractivity contribution in [1.82, 2.24) is 9.80 Å². The third-order valence-corrected chi connectivity index (χ3v) is 3.76.